The Balaban J connectivity index is 1.86. The molecule has 0 aliphatic rings. The molecule has 1 heterocycles. The highest BCUT2D eigenvalue weighted by Gasteiger charge is 2.30. The van der Waals surface area contributed by atoms with Crippen LogP contribution >= 0.6 is 11.6 Å². The maximum absolute atomic E-state index is 12.9. The van der Waals surface area contributed by atoms with Gasteiger partial charge in [-0.2, -0.15) is 13.2 Å². The van der Waals surface area contributed by atoms with Gasteiger partial charge in [-0.1, -0.05) is 43.1 Å². The summed E-state index contributed by atoms with van der Waals surface area (Å²) in [5.74, 6) is -0.574. The molecule has 4 nitrogen and oxygen atoms in total. The lowest BCUT2D eigenvalue weighted by Gasteiger charge is -2.20. The van der Waals surface area contributed by atoms with E-state index in [4.69, 9.17) is 21.4 Å². The number of ether oxygens (including phenoxy) is 1. The van der Waals surface area contributed by atoms with Gasteiger partial charge >= 0.3 is 12.1 Å². The maximum atomic E-state index is 12.9. The number of unbranched alkanes of at least 4 members (excludes halogenated alkanes) is 1. The molecule has 178 valence electrons. The Labute approximate surface area is 200 Å². The van der Waals surface area contributed by atoms with Crippen molar-refractivity contribution in [2.24, 2.45) is 0 Å². The highest BCUT2D eigenvalue weighted by Crippen LogP contribution is 2.32. The van der Waals surface area contributed by atoms with E-state index < -0.39 is 23.8 Å². The monoisotopic (exact) mass is 489 g/mol. The van der Waals surface area contributed by atoms with Crippen molar-refractivity contribution in [3.8, 4) is 17.0 Å². The van der Waals surface area contributed by atoms with E-state index >= 15 is 0 Å². The van der Waals surface area contributed by atoms with Crippen molar-refractivity contribution in [1.29, 1.82) is 0 Å². The molecule has 0 radical (unpaired) electrons. The second kappa shape index (κ2) is 11.2. The van der Waals surface area contributed by atoms with Gasteiger partial charge in [-0.05, 0) is 66.9 Å². The number of alkyl halides is 3. The quantitative estimate of drug-likeness (QED) is 0.311. The van der Waals surface area contributed by atoms with E-state index in [2.05, 4.69) is 11.9 Å². The summed E-state index contributed by atoms with van der Waals surface area (Å²) in [6.45, 7) is 2.06. The zero-order chi connectivity index (χ0) is 24.7. The Kier molecular flexibility index (Phi) is 8.34. The van der Waals surface area contributed by atoms with Crippen LogP contribution in [0.3, 0.4) is 0 Å². The van der Waals surface area contributed by atoms with E-state index in [1.165, 1.54) is 18.2 Å². The fourth-order valence-electron chi connectivity index (χ4n) is 3.32. The number of carboxylic acids is 1. The molecular weight excluding hydrogens is 467 g/mol. The molecule has 3 aromatic rings. The standard InChI is InChI=1S/C26H23ClF3NO3/c1-2-3-7-24(34-20-14-10-17(21(27)16-20)11-15-25(32)33)23-6-4-5-22(31-23)18-8-12-19(13-9-18)26(28,29)30/h4-6,8-16,24H,2-3,7H2,1H3,(H,32,33)/b15-11+/t24-/m0/s1. The lowest BCUT2D eigenvalue weighted by Crippen LogP contribution is -2.10. The van der Waals surface area contributed by atoms with Crippen LogP contribution in [0.5, 0.6) is 5.75 Å². The van der Waals surface area contributed by atoms with Gasteiger partial charge in [0.15, 0.2) is 0 Å². The van der Waals surface area contributed by atoms with Crippen LogP contribution in [0, 0.1) is 0 Å². The third-order valence-electron chi connectivity index (χ3n) is 5.08. The van der Waals surface area contributed by atoms with E-state index in [9.17, 15) is 18.0 Å². The summed E-state index contributed by atoms with van der Waals surface area (Å²) in [4.78, 5) is 15.4. The van der Waals surface area contributed by atoms with Crippen molar-refractivity contribution >= 4 is 23.6 Å². The first-order chi connectivity index (χ1) is 16.2. The van der Waals surface area contributed by atoms with Crippen LogP contribution < -0.4 is 4.74 Å². The molecule has 0 saturated carbocycles. The average molecular weight is 490 g/mol. The van der Waals surface area contributed by atoms with Crippen LogP contribution in [0.4, 0.5) is 13.2 Å². The Morgan fingerprint density at radius 1 is 1.15 bits per heavy atom. The summed E-state index contributed by atoms with van der Waals surface area (Å²) < 4.78 is 44.8. The fraction of sp³-hybridized carbons (Fsp3) is 0.231. The first kappa shape index (κ1) is 25.3. The molecule has 0 unspecified atom stereocenters. The number of pyridine rings is 1. The average Bonchev–Trinajstić information content (AvgIpc) is 2.80. The molecule has 34 heavy (non-hydrogen) atoms. The molecule has 1 N–H and O–H groups in total. The third-order valence-corrected chi connectivity index (χ3v) is 5.41. The molecule has 3 rings (SSSR count). The van der Waals surface area contributed by atoms with E-state index in [1.807, 2.05) is 6.07 Å². The van der Waals surface area contributed by atoms with Gasteiger partial charge in [0.05, 0.1) is 22.0 Å². The van der Waals surface area contributed by atoms with Gasteiger partial charge in [0.1, 0.15) is 11.9 Å². The number of nitrogens with zero attached hydrogens (tertiary/aromatic N) is 1. The van der Waals surface area contributed by atoms with Crippen LogP contribution in [0.25, 0.3) is 17.3 Å². The minimum absolute atomic E-state index is 0.343. The summed E-state index contributed by atoms with van der Waals surface area (Å²) in [6, 6.07) is 15.2. The molecule has 0 amide bonds. The van der Waals surface area contributed by atoms with Gasteiger partial charge in [-0.25, -0.2) is 9.78 Å². The normalized spacial score (nSPS) is 12.6. The van der Waals surface area contributed by atoms with Crippen LogP contribution in [-0.4, -0.2) is 16.1 Å². The number of halogens is 4. The summed E-state index contributed by atoms with van der Waals surface area (Å²) in [5, 5.41) is 9.13. The van der Waals surface area contributed by atoms with Crippen molar-refractivity contribution in [1.82, 2.24) is 4.98 Å². The minimum Gasteiger partial charge on any atom is -0.484 e. The van der Waals surface area contributed by atoms with E-state index in [0.29, 0.717) is 39.7 Å². The number of carbonyl (C=O) groups is 1. The minimum atomic E-state index is -4.40. The predicted molar refractivity (Wildman–Crippen MR) is 126 cm³/mol. The Morgan fingerprint density at radius 2 is 1.88 bits per heavy atom. The maximum Gasteiger partial charge on any atom is 0.416 e. The number of carboxylic acid groups (broad SMARTS) is 1. The molecule has 2 aromatic carbocycles. The van der Waals surface area contributed by atoms with Gasteiger partial charge < -0.3 is 9.84 Å². The first-order valence-corrected chi connectivity index (χ1v) is 11.1. The highest BCUT2D eigenvalue weighted by atomic mass is 35.5. The highest BCUT2D eigenvalue weighted by molar-refractivity contribution is 6.32. The van der Waals surface area contributed by atoms with E-state index in [-0.39, 0.29) is 0 Å². The lowest BCUT2D eigenvalue weighted by molar-refractivity contribution is -0.137. The molecule has 0 aliphatic heterocycles. The number of rotatable bonds is 9. The van der Waals surface area contributed by atoms with Crippen molar-refractivity contribution in [3.63, 3.8) is 0 Å². The number of benzene rings is 2. The first-order valence-electron chi connectivity index (χ1n) is 10.7. The van der Waals surface area contributed by atoms with Gasteiger partial charge in [0.25, 0.3) is 0 Å². The summed E-state index contributed by atoms with van der Waals surface area (Å²) in [5.41, 5.74) is 1.60. The van der Waals surface area contributed by atoms with Crippen LogP contribution in [0.15, 0.2) is 66.7 Å². The van der Waals surface area contributed by atoms with Gasteiger partial charge in [-0.3, -0.25) is 0 Å². The Bertz CT molecular complexity index is 1160. The number of hydrogen-bond acceptors (Lipinski definition) is 3. The molecule has 0 bridgehead atoms. The summed E-state index contributed by atoms with van der Waals surface area (Å²) >= 11 is 6.28. The second-order valence-corrected chi connectivity index (χ2v) is 8.03. The second-order valence-electron chi connectivity index (χ2n) is 7.63. The number of hydrogen-bond donors (Lipinski definition) is 1. The molecule has 0 saturated heterocycles. The topological polar surface area (TPSA) is 59.4 Å². The number of aromatic nitrogens is 1. The summed E-state index contributed by atoms with van der Waals surface area (Å²) in [7, 11) is 0. The largest absolute Gasteiger partial charge is 0.484 e. The molecule has 1 aromatic heterocycles. The molecular formula is C26H23ClF3NO3. The van der Waals surface area contributed by atoms with Crippen LogP contribution in [0.1, 0.15) is 49.1 Å². The van der Waals surface area contributed by atoms with Gasteiger partial charge in [-0.15, -0.1) is 0 Å². The third kappa shape index (κ3) is 6.84. The van der Waals surface area contributed by atoms with Crippen molar-refractivity contribution in [2.75, 3.05) is 0 Å². The van der Waals surface area contributed by atoms with Crippen molar-refractivity contribution in [3.05, 3.63) is 88.6 Å². The molecule has 8 heteroatoms. The van der Waals surface area contributed by atoms with Gasteiger partial charge in [0, 0.05) is 11.6 Å². The SMILES string of the molecule is CCCC[C@H](Oc1ccc(/C=C/C(=O)O)c(Cl)c1)c1cccc(-c2ccc(C(F)(F)F)cc2)n1. The Hall–Kier alpha value is -3.32. The molecule has 0 aliphatic carbocycles. The zero-order valence-corrected chi connectivity index (χ0v) is 19.1. The summed E-state index contributed by atoms with van der Waals surface area (Å²) in [6.07, 6.45) is 0.111. The van der Waals surface area contributed by atoms with Crippen LogP contribution in [-0.2, 0) is 11.0 Å². The fourth-order valence-corrected chi connectivity index (χ4v) is 3.55. The predicted octanol–water partition coefficient (Wildman–Crippen LogP) is 7.83. The van der Waals surface area contributed by atoms with Crippen molar-refractivity contribution < 1.29 is 27.8 Å². The smallest absolute Gasteiger partial charge is 0.416 e. The molecule has 0 spiro atoms. The van der Waals surface area contributed by atoms with Crippen LogP contribution in [0.2, 0.25) is 5.02 Å². The van der Waals surface area contributed by atoms with Gasteiger partial charge in [0.2, 0.25) is 0 Å². The zero-order valence-electron chi connectivity index (χ0n) is 18.3. The molecule has 1 atom stereocenters. The van der Waals surface area contributed by atoms with E-state index in [0.717, 1.165) is 31.1 Å². The molecule has 0 fully saturated rings. The Morgan fingerprint density at radius 3 is 2.50 bits per heavy atom. The lowest BCUT2D eigenvalue weighted by atomic mass is 10.1. The number of aliphatic carboxylic acids is 1. The van der Waals surface area contributed by atoms with Crippen molar-refractivity contribution in [2.45, 2.75) is 38.5 Å². The van der Waals surface area contributed by atoms with E-state index in [1.54, 1.807) is 30.3 Å².